The molecule has 1 unspecified atom stereocenters. The van der Waals surface area contributed by atoms with E-state index in [1.807, 2.05) is 0 Å². The summed E-state index contributed by atoms with van der Waals surface area (Å²) in [6.45, 7) is 0.718. The summed E-state index contributed by atoms with van der Waals surface area (Å²) in [7, 11) is 0. The average molecular weight is 257 g/mol. The molecule has 0 bridgehead atoms. The van der Waals surface area contributed by atoms with Gasteiger partial charge in [-0.25, -0.2) is 0 Å². The van der Waals surface area contributed by atoms with Crippen LogP contribution in [0.2, 0.25) is 0 Å². The minimum absolute atomic E-state index is 0.174. The van der Waals surface area contributed by atoms with Gasteiger partial charge in [-0.15, -0.1) is 0 Å². The Kier molecular flexibility index (Phi) is 2.70. The Morgan fingerprint density at radius 3 is 2.44 bits per heavy atom. The number of rotatable bonds is 2. The molecule has 1 aromatic carbocycles. The summed E-state index contributed by atoms with van der Waals surface area (Å²) in [6, 6.07) is 6.16. The lowest BCUT2D eigenvalue weighted by Crippen LogP contribution is -2.48. The van der Waals surface area contributed by atoms with Gasteiger partial charge in [0.15, 0.2) is 5.78 Å². The number of carbonyl (C=O) groups is 1. The number of fused-ring (bicyclic) bond motifs is 1. The van der Waals surface area contributed by atoms with E-state index in [1.165, 1.54) is 12.1 Å². The quantitative estimate of drug-likeness (QED) is 0.868. The van der Waals surface area contributed by atoms with Crippen LogP contribution in [0.3, 0.4) is 0 Å². The number of hydrogen-bond donors (Lipinski definition) is 2. The van der Waals surface area contributed by atoms with Crippen LogP contribution in [0.15, 0.2) is 30.5 Å². The first-order valence-electron chi connectivity index (χ1n) is 5.15. The lowest BCUT2D eigenvalue weighted by atomic mass is 9.89. The number of halogens is 3. The maximum atomic E-state index is 13.0. The molecular formula is C12H10F3NO2. The van der Waals surface area contributed by atoms with E-state index in [0.717, 1.165) is 13.1 Å². The van der Waals surface area contributed by atoms with Crippen LogP contribution in [0.4, 0.5) is 13.2 Å². The van der Waals surface area contributed by atoms with E-state index < -0.39 is 23.1 Å². The fourth-order valence-corrected chi connectivity index (χ4v) is 1.91. The first-order chi connectivity index (χ1) is 8.28. The molecule has 1 aromatic heterocycles. The van der Waals surface area contributed by atoms with Crippen molar-refractivity contribution in [3.63, 3.8) is 0 Å². The maximum absolute atomic E-state index is 13.0. The van der Waals surface area contributed by atoms with Crippen LogP contribution in [-0.2, 0) is 10.4 Å². The zero-order chi connectivity index (χ0) is 13.6. The Morgan fingerprint density at radius 1 is 1.28 bits per heavy atom. The van der Waals surface area contributed by atoms with Crippen molar-refractivity contribution >= 4 is 16.7 Å². The largest absolute Gasteiger partial charge is 0.428 e. The Labute approximate surface area is 100 Å². The molecule has 0 amide bonds. The van der Waals surface area contributed by atoms with Gasteiger partial charge in [-0.2, -0.15) is 13.2 Å². The van der Waals surface area contributed by atoms with E-state index in [0.29, 0.717) is 5.52 Å². The standard InChI is InChI=1S/C12H10F3NO2/c1-7(17)11(18,12(13,14)15)9-6-16-10-5-3-2-4-8(9)10/h2-6,16,18H,1H3. The highest BCUT2D eigenvalue weighted by atomic mass is 19.4. The Hall–Kier alpha value is -1.82. The fourth-order valence-electron chi connectivity index (χ4n) is 1.91. The van der Waals surface area contributed by atoms with Crippen LogP contribution in [0.25, 0.3) is 10.9 Å². The summed E-state index contributed by atoms with van der Waals surface area (Å²) in [5.41, 5.74) is -3.53. The molecule has 0 aliphatic rings. The van der Waals surface area contributed by atoms with Crippen molar-refractivity contribution in [2.75, 3.05) is 0 Å². The topological polar surface area (TPSA) is 53.1 Å². The molecule has 0 aliphatic heterocycles. The number of Topliss-reactive ketones (excluding diaryl/α,β-unsaturated/α-hetero) is 1. The van der Waals surface area contributed by atoms with E-state index in [-0.39, 0.29) is 5.39 Å². The number of hydrogen-bond acceptors (Lipinski definition) is 2. The minimum Gasteiger partial charge on any atom is -0.370 e. The summed E-state index contributed by atoms with van der Waals surface area (Å²) >= 11 is 0. The molecule has 0 radical (unpaired) electrons. The average Bonchev–Trinajstić information content (AvgIpc) is 2.70. The second kappa shape index (κ2) is 3.84. The van der Waals surface area contributed by atoms with E-state index in [4.69, 9.17) is 0 Å². The van der Waals surface area contributed by atoms with Crippen molar-refractivity contribution in [2.45, 2.75) is 18.7 Å². The number of alkyl halides is 3. The number of aliphatic hydroxyl groups is 1. The molecule has 2 aromatic rings. The van der Waals surface area contributed by atoms with Gasteiger partial charge in [-0.1, -0.05) is 18.2 Å². The van der Waals surface area contributed by atoms with Gasteiger partial charge >= 0.3 is 6.18 Å². The molecule has 0 aliphatic carbocycles. The lowest BCUT2D eigenvalue weighted by molar-refractivity contribution is -0.254. The SMILES string of the molecule is CC(=O)C(O)(c1c[nH]c2ccccc12)C(F)(F)F. The predicted molar refractivity (Wildman–Crippen MR) is 58.9 cm³/mol. The van der Waals surface area contributed by atoms with E-state index in [9.17, 15) is 23.1 Å². The normalized spacial score (nSPS) is 15.6. The number of aromatic amines is 1. The van der Waals surface area contributed by atoms with Crippen LogP contribution >= 0.6 is 0 Å². The van der Waals surface area contributed by atoms with E-state index >= 15 is 0 Å². The molecule has 3 nitrogen and oxygen atoms in total. The van der Waals surface area contributed by atoms with Crippen molar-refractivity contribution in [3.05, 3.63) is 36.0 Å². The van der Waals surface area contributed by atoms with Gasteiger partial charge in [0.1, 0.15) is 0 Å². The molecule has 0 saturated carbocycles. The number of para-hydroxylation sites is 1. The van der Waals surface area contributed by atoms with Gasteiger partial charge in [0.25, 0.3) is 0 Å². The van der Waals surface area contributed by atoms with E-state index in [1.54, 1.807) is 12.1 Å². The number of aromatic nitrogens is 1. The number of H-pyrrole nitrogens is 1. The summed E-state index contributed by atoms with van der Waals surface area (Å²) in [5, 5.41) is 9.96. The first-order valence-corrected chi connectivity index (χ1v) is 5.15. The smallest absolute Gasteiger partial charge is 0.370 e. The van der Waals surface area contributed by atoms with Crippen LogP contribution in [0, 0.1) is 0 Å². The maximum Gasteiger partial charge on any atom is 0.428 e. The number of carbonyl (C=O) groups excluding carboxylic acids is 1. The number of benzene rings is 1. The highest BCUT2D eigenvalue weighted by Gasteiger charge is 2.59. The third-order valence-electron chi connectivity index (χ3n) is 2.90. The molecule has 2 rings (SSSR count). The summed E-state index contributed by atoms with van der Waals surface area (Å²) < 4.78 is 38.9. The Balaban J connectivity index is 2.75. The number of ketones is 1. The molecule has 0 saturated heterocycles. The molecule has 96 valence electrons. The van der Waals surface area contributed by atoms with Crippen LogP contribution in [-0.4, -0.2) is 22.1 Å². The number of nitrogens with one attached hydrogen (secondary N) is 1. The molecular weight excluding hydrogens is 247 g/mol. The Bertz CT molecular complexity index is 603. The Morgan fingerprint density at radius 2 is 1.89 bits per heavy atom. The van der Waals surface area contributed by atoms with Gasteiger partial charge in [0, 0.05) is 22.7 Å². The zero-order valence-electron chi connectivity index (χ0n) is 9.38. The van der Waals surface area contributed by atoms with Gasteiger partial charge < -0.3 is 10.1 Å². The van der Waals surface area contributed by atoms with Crippen molar-refractivity contribution in [2.24, 2.45) is 0 Å². The highest BCUT2D eigenvalue weighted by Crippen LogP contribution is 2.42. The second-order valence-electron chi connectivity index (χ2n) is 4.01. The van der Waals surface area contributed by atoms with Crippen molar-refractivity contribution in [1.29, 1.82) is 0 Å². The summed E-state index contributed by atoms with van der Waals surface area (Å²) in [6.07, 6.45) is -4.05. The van der Waals surface area contributed by atoms with Gasteiger partial charge in [-0.3, -0.25) is 4.79 Å². The summed E-state index contributed by atoms with van der Waals surface area (Å²) in [4.78, 5) is 13.9. The third kappa shape index (κ3) is 1.60. The highest BCUT2D eigenvalue weighted by molar-refractivity contribution is 5.94. The molecule has 2 N–H and O–H groups in total. The first kappa shape index (κ1) is 12.6. The van der Waals surface area contributed by atoms with Crippen molar-refractivity contribution in [3.8, 4) is 0 Å². The molecule has 18 heavy (non-hydrogen) atoms. The summed E-state index contributed by atoms with van der Waals surface area (Å²) in [5.74, 6) is -1.36. The zero-order valence-corrected chi connectivity index (χ0v) is 9.38. The van der Waals surface area contributed by atoms with Gasteiger partial charge in [-0.05, 0) is 13.0 Å². The predicted octanol–water partition coefficient (Wildman–Crippen LogP) is 2.51. The third-order valence-corrected chi connectivity index (χ3v) is 2.90. The van der Waals surface area contributed by atoms with Crippen molar-refractivity contribution < 1.29 is 23.1 Å². The monoisotopic (exact) mass is 257 g/mol. The van der Waals surface area contributed by atoms with Crippen LogP contribution < -0.4 is 0 Å². The molecule has 1 atom stereocenters. The van der Waals surface area contributed by atoms with Crippen molar-refractivity contribution in [1.82, 2.24) is 4.98 Å². The molecule has 0 fully saturated rings. The van der Waals surface area contributed by atoms with Crippen LogP contribution in [0.5, 0.6) is 0 Å². The van der Waals surface area contributed by atoms with Crippen LogP contribution in [0.1, 0.15) is 12.5 Å². The van der Waals surface area contributed by atoms with E-state index in [2.05, 4.69) is 4.98 Å². The lowest BCUT2D eigenvalue weighted by Gasteiger charge is -2.27. The van der Waals surface area contributed by atoms with Gasteiger partial charge in [0.05, 0.1) is 0 Å². The second-order valence-corrected chi connectivity index (χ2v) is 4.01. The van der Waals surface area contributed by atoms with Gasteiger partial charge in [0.2, 0.25) is 5.60 Å². The fraction of sp³-hybridized carbons (Fsp3) is 0.250. The molecule has 0 spiro atoms. The minimum atomic E-state index is -5.07. The molecule has 6 heteroatoms. The molecule has 1 heterocycles.